The number of benzene rings is 6. The molecule has 12 aromatic rings. The van der Waals surface area contributed by atoms with Crippen LogP contribution in [0.5, 0.6) is 5.75 Å². The maximum absolute atomic E-state index is 13.8. The molecule has 6 aromatic heterocycles. The van der Waals surface area contributed by atoms with Gasteiger partial charge < -0.3 is 20.7 Å². The van der Waals surface area contributed by atoms with Crippen molar-refractivity contribution in [2.24, 2.45) is 0 Å². The third-order valence-electron chi connectivity index (χ3n) is 12.6. The molecule has 86 heavy (non-hydrogen) atoms. The average Bonchev–Trinajstić information content (AvgIpc) is 4.48. The lowest BCUT2D eigenvalue weighted by atomic mass is 10.1. The molecule has 428 valence electrons. The van der Waals surface area contributed by atoms with Crippen molar-refractivity contribution in [3.8, 4) is 11.8 Å². The second kappa shape index (κ2) is 29.0. The molecular weight excluding hydrogens is 1170 g/mol. The van der Waals surface area contributed by atoms with Crippen LogP contribution in [0.25, 0.3) is 33.1 Å². The van der Waals surface area contributed by atoms with Gasteiger partial charge in [0.1, 0.15) is 34.1 Å². The second-order valence-electron chi connectivity index (χ2n) is 18.4. The standard InChI is InChI=1S/C21H16N6OS.C20H16FN5O2S.C20H17N5OS2/c22-9-8-14-4-6-17(7-5-14)26-20(28)16-3-1-2-15(10-16)12-29-21-18-11-25-27-19(18)23-13-24-21;1-28-17-6-5-14(8-16(17)21)25-19(27)13-4-2-3-12(7-13)10-29-20-15-9-24-26-18(15)22-11-23-20;1-27-16-7-5-15(6-8-16)24-19(26)14-4-2-3-13(9-14)11-28-20-17-10-23-25-18(17)21-12-22-20/h1-7,10-11,13H,8,12H2,(H,26,28)(H,23,24,25,27);2-9,11H,10H2,1H3,(H,25,27)(H,22,23,24,26);2-10,12H,11H2,1H3,(H,24,26)(H,21,22,23,25). The van der Waals surface area contributed by atoms with E-state index in [1.165, 1.54) is 50.0 Å². The van der Waals surface area contributed by atoms with E-state index < -0.39 is 5.82 Å². The first kappa shape index (κ1) is 59.2. The van der Waals surface area contributed by atoms with Gasteiger partial charge in [-0.05, 0) is 113 Å². The number of fused-ring (bicyclic) bond motifs is 3. The molecule has 0 spiro atoms. The number of nitrogens with zero attached hydrogens (tertiary/aromatic N) is 10. The number of H-pyrrole nitrogens is 3. The smallest absolute Gasteiger partial charge is 0.255 e. The molecule has 0 saturated carbocycles. The van der Waals surface area contributed by atoms with Crippen molar-refractivity contribution in [1.29, 1.82) is 5.26 Å². The quantitative estimate of drug-likeness (QED) is 0.0344. The van der Waals surface area contributed by atoms with Crippen LogP contribution in [0, 0.1) is 17.1 Å². The summed E-state index contributed by atoms with van der Waals surface area (Å²) in [6.07, 6.45) is 12.0. The summed E-state index contributed by atoms with van der Waals surface area (Å²) in [6.45, 7) is 0. The predicted octanol–water partition coefficient (Wildman–Crippen LogP) is 12.6. The molecule has 0 bridgehead atoms. The van der Waals surface area contributed by atoms with Crippen molar-refractivity contribution in [2.75, 3.05) is 29.3 Å². The second-order valence-corrected chi connectivity index (χ2v) is 22.1. The number of carbonyl (C=O) groups is 3. The summed E-state index contributed by atoms with van der Waals surface area (Å²) >= 11 is 6.36. The molecule has 0 saturated heterocycles. The van der Waals surface area contributed by atoms with Crippen LogP contribution >= 0.6 is 47.0 Å². The number of nitriles is 1. The third-order valence-corrected chi connectivity index (χ3v) is 16.6. The number of aromatic nitrogens is 12. The number of hydrogen-bond acceptors (Lipinski definition) is 18. The predicted molar refractivity (Wildman–Crippen MR) is 334 cm³/mol. The summed E-state index contributed by atoms with van der Waals surface area (Å²) in [5.41, 5.74) is 9.57. The summed E-state index contributed by atoms with van der Waals surface area (Å²) in [7, 11) is 1.39. The van der Waals surface area contributed by atoms with E-state index in [0.29, 0.717) is 63.0 Å². The van der Waals surface area contributed by atoms with Crippen molar-refractivity contribution in [1.82, 2.24) is 60.5 Å². The molecule has 3 amide bonds. The fourth-order valence-electron chi connectivity index (χ4n) is 8.26. The monoisotopic (exact) mass is 1220 g/mol. The number of amides is 3. The number of aromatic amines is 3. The van der Waals surface area contributed by atoms with Crippen LogP contribution < -0.4 is 20.7 Å². The first-order chi connectivity index (χ1) is 42.1. The van der Waals surface area contributed by atoms with Crippen molar-refractivity contribution in [2.45, 2.75) is 43.7 Å². The summed E-state index contributed by atoms with van der Waals surface area (Å²) in [5, 5.41) is 42.9. The fourth-order valence-corrected chi connectivity index (χ4v) is 11.4. The average molecular weight is 1220 g/mol. The Morgan fingerprint density at radius 2 is 0.907 bits per heavy atom. The molecule has 0 unspecified atom stereocenters. The molecule has 0 fully saturated rings. The van der Waals surface area contributed by atoms with Gasteiger partial charge in [-0.1, -0.05) is 48.5 Å². The molecule has 0 atom stereocenters. The topological polar surface area (TPSA) is 284 Å². The Labute approximate surface area is 507 Å². The zero-order chi connectivity index (χ0) is 59.6. The molecule has 20 nitrogen and oxygen atoms in total. The minimum Gasteiger partial charge on any atom is -0.494 e. The number of ether oxygens (including phenoxy) is 1. The highest BCUT2D eigenvalue weighted by Gasteiger charge is 2.15. The number of thioether (sulfide) groups is 4. The van der Waals surface area contributed by atoms with Gasteiger partial charge in [0, 0.05) is 62.0 Å². The van der Waals surface area contributed by atoms with Crippen LogP contribution in [0.4, 0.5) is 21.5 Å². The van der Waals surface area contributed by atoms with Crippen LogP contribution in [-0.4, -0.2) is 91.6 Å². The highest BCUT2D eigenvalue weighted by Crippen LogP contribution is 2.30. The fraction of sp³-hybridized carbons (Fsp3) is 0.0984. The van der Waals surface area contributed by atoms with E-state index in [9.17, 15) is 18.8 Å². The van der Waals surface area contributed by atoms with E-state index in [0.717, 1.165) is 69.7 Å². The number of methoxy groups -OCH3 is 1. The third kappa shape index (κ3) is 15.6. The van der Waals surface area contributed by atoms with E-state index in [-0.39, 0.29) is 23.5 Å². The SMILES string of the molecule is COc1ccc(NC(=O)c2cccc(CSc3ncnc4[nH]ncc34)c2)cc1F.CSc1ccc(NC(=O)c2cccc(CSc3ncnc4[nH]ncc34)c2)cc1.N#CCc1ccc(NC(=O)c2cccc(CSc3ncnc4[nH]ncc34)c2)cc1. The molecular formula is C61H49FN16O4S4. The van der Waals surface area contributed by atoms with Crippen LogP contribution in [-0.2, 0) is 23.7 Å². The lowest BCUT2D eigenvalue weighted by molar-refractivity contribution is 0.101. The van der Waals surface area contributed by atoms with Crippen molar-refractivity contribution in [3.63, 3.8) is 0 Å². The summed E-state index contributed by atoms with van der Waals surface area (Å²) in [5.74, 6) is 0.953. The van der Waals surface area contributed by atoms with Gasteiger partial charge in [0.05, 0.1) is 54.3 Å². The lowest BCUT2D eigenvalue weighted by Gasteiger charge is -2.09. The molecule has 6 heterocycles. The number of nitrogens with one attached hydrogen (secondary N) is 6. The number of carbonyl (C=O) groups excluding carboxylic acids is 3. The maximum Gasteiger partial charge on any atom is 0.255 e. The first-order valence-corrected chi connectivity index (χ1v) is 30.2. The summed E-state index contributed by atoms with van der Waals surface area (Å²) < 4.78 is 18.7. The molecule has 6 N–H and O–H groups in total. The summed E-state index contributed by atoms with van der Waals surface area (Å²) in [6, 6.07) is 43.9. The van der Waals surface area contributed by atoms with Crippen molar-refractivity contribution in [3.05, 3.63) is 222 Å². The largest absolute Gasteiger partial charge is 0.494 e. The van der Waals surface area contributed by atoms with E-state index in [1.807, 2.05) is 97.3 Å². The van der Waals surface area contributed by atoms with Gasteiger partial charge in [0.2, 0.25) is 0 Å². The Hall–Kier alpha value is -10.0. The number of halogens is 1. The molecule has 6 aromatic carbocycles. The summed E-state index contributed by atoms with van der Waals surface area (Å²) in [4.78, 5) is 64.2. The molecule has 25 heteroatoms. The molecule has 0 radical (unpaired) electrons. The van der Waals surface area contributed by atoms with E-state index in [2.05, 4.69) is 82.5 Å². The lowest BCUT2D eigenvalue weighted by Crippen LogP contribution is -2.12. The Kier molecular flexibility index (Phi) is 20.0. The van der Waals surface area contributed by atoms with Crippen LogP contribution in [0.2, 0.25) is 0 Å². The normalized spacial score (nSPS) is 10.8. The first-order valence-electron chi connectivity index (χ1n) is 26.0. The van der Waals surface area contributed by atoms with Gasteiger partial charge in [0.15, 0.2) is 28.5 Å². The van der Waals surface area contributed by atoms with E-state index >= 15 is 0 Å². The van der Waals surface area contributed by atoms with Crippen molar-refractivity contribution < 1.29 is 23.5 Å². The van der Waals surface area contributed by atoms with Crippen LogP contribution in [0.3, 0.4) is 0 Å². The number of hydrogen-bond donors (Lipinski definition) is 6. The zero-order valence-corrected chi connectivity index (χ0v) is 49.0. The highest BCUT2D eigenvalue weighted by atomic mass is 32.2. The van der Waals surface area contributed by atoms with Gasteiger partial charge in [-0.2, -0.15) is 20.6 Å². The van der Waals surface area contributed by atoms with Gasteiger partial charge in [0.25, 0.3) is 17.7 Å². The minimum absolute atomic E-state index is 0.122. The molecule has 0 aliphatic carbocycles. The minimum atomic E-state index is -0.536. The van der Waals surface area contributed by atoms with E-state index in [4.69, 9.17) is 10.00 Å². The zero-order valence-electron chi connectivity index (χ0n) is 45.7. The van der Waals surface area contributed by atoms with Gasteiger partial charge in [-0.25, -0.2) is 34.3 Å². The van der Waals surface area contributed by atoms with Gasteiger partial charge in [-0.3, -0.25) is 29.7 Å². The Balaban J connectivity index is 0.000000143. The highest BCUT2D eigenvalue weighted by molar-refractivity contribution is 7.99. The van der Waals surface area contributed by atoms with Crippen LogP contribution in [0.15, 0.2) is 197 Å². The Morgan fingerprint density at radius 3 is 1.29 bits per heavy atom. The number of rotatable bonds is 18. The van der Waals surface area contributed by atoms with Gasteiger partial charge in [-0.15, -0.1) is 47.0 Å². The molecule has 0 aliphatic rings. The van der Waals surface area contributed by atoms with E-state index in [1.54, 1.807) is 90.3 Å². The Bertz CT molecular complexity index is 4370. The maximum atomic E-state index is 13.8. The Morgan fingerprint density at radius 1 is 0.512 bits per heavy atom. The molecule has 0 aliphatic heterocycles. The molecule has 12 rings (SSSR count). The van der Waals surface area contributed by atoms with Crippen LogP contribution in [0.1, 0.15) is 53.3 Å². The van der Waals surface area contributed by atoms with Crippen molar-refractivity contribution >= 4 is 115 Å². The van der Waals surface area contributed by atoms with Gasteiger partial charge >= 0.3 is 0 Å². The number of anilines is 3.